The molecule has 2 aliphatic rings. The molecule has 5 rings (SSSR count). The summed E-state index contributed by atoms with van der Waals surface area (Å²) in [6, 6.07) is 18.1. The van der Waals surface area contributed by atoms with Crippen LogP contribution >= 0.6 is 11.8 Å². The van der Waals surface area contributed by atoms with Crippen LogP contribution in [0.15, 0.2) is 59.8 Å². The van der Waals surface area contributed by atoms with Crippen LogP contribution in [0.1, 0.15) is 58.3 Å². The lowest BCUT2D eigenvalue weighted by atomic mass is 9.88. The maximum atomic E-state index is 13.0. The van der Waals surface area contributed by atoms with Gasteiger partial charge in [-0.15, -0.1) is 10.2 Å². The van der Waals surface area contributed by atoms with Crippen molar-refractivity contribution in [2.75, 3.05) is 32.5 Å². The van der Waals surface area contributed by atoms with Crippen molar-refractivity contribution >= 4 is 23.6 Å². The highest BCUT2D eigenvalue weighted by molar-refractivity contribution is 7.99. The van der Waals surface area contributed by atoms with Gasteiger partial charge in [0.2, 0.25) is 11.8 Å². The maximum absolute atomic E-state index is 13.0. The molecule has 0 radical (unpaired) electrons. The van der Waals surface area contributed by atoms with E-state index in [1.807, 2.05) is 64.4 Å². The quantitative estimate of drug-likeness (QED) is 0.223. The number of thioether (sulfide) groups is 1. The zero-order valence-corrected chi connectivity index (χ0v) is 25.0. The van der Waals surface area contributed by atoms with Gasteiger partial charge in [-0.2, -0.15) is 0 Å². The van der Waals surface area contributed by atoms with Crippen molar-refractivity contribution in [2.24, 2.45) is 5.92 Å². The first kappa shape index (κ1) is 29.2. The Kier molecular flexibility index (Phi) is 9.98. The van der Waals surface area contributed by atoms with Gasteiger partial charge in [0.1, 0.15) is 5.75 Å². The smallest absolute Gasteiger partial charge is 0.226 e. The van der Waals surface area contributed by atoms with Crippen LogP contribution in [-0.4, -0.2) is 74.9 Å². The van der Waals surface area contributed by atoms with Gasteiger partial charge in [0.15, 0.2) is 11.0 Å². The van der Waals surface area contributed by atoms with E-state index in [0.29, 0.717) is 32.0 Å². The molecule has 9 heteroatoms. The minimum absolute atomic E-state index is 0.0841. The fourth-order valence-electron chi connectivity index (χ4n) is 5.90. The lowest BCUT2D eigenvalue weighted by molar-refractivity contribution is -0.146. The number of unbranched alkanes of at least 4 members (excludes halogenated alkanes) is 1. The van der Waals surface area contributed by atoms with Gasteiger partial charge in [-0.25, -0.2) is 0 Å². The fraction of sp³-hybridized carbons (Fsp3) is 0.500. The number of piperazine rings is 1. The number of amides is 2. The number of benzene rings is 2. The van der Waals surface area contributed by atoms with E-state index in [0.717, 1.165) is 72.3 Å². The number of carbonyl (C=O) groups excluding carboxylic acids is 2. The summed E-state index contributed by atoms with van der Waals surface area (Å²) in [6.07, 6.45) is 7.87. The van der Waals surface area contributed by atoms with Crippen LogP contribution in [0.5, 0.6) is 5.75 Å². The second-order valence-corrected chi connectivity index (χ2v) is 12.1. The first-order valence-electron chi connectivity index (χ1n) is 14.9. The van der Waals surface area contributed by atoms with Gasteiger partial charge in [0, 0.05) is 55.0 Å². The van der Waals surface area contributed by atoms with Crippen molar-refractivity contribution in [3.8, 4) is 22.8 Å². The average Bonchev–Trinajstić information content (AvgIpc) is 3.45. The highest BCUT2D eigenvalue weighted by atomic mass is 32.2. The molecular weight excluding hydrogens is 534 g/mol. The van der Waals surface area contributed by atoms with Crippen LogP contribution in [0.2, 0.25) is 0 Å². The lowest BCUT2D eigenvalue weighted by Crippen LogP contribution is -2.56. The normalized spacial score (nSPS) is 18.0. The number of nitrogens with zero attached hydrogens (tertiary/aromatic N) is 5. The predicted octanol–water partition coefficient (Wildman–Crippen LogP) is 5.84. The Morgan fingerprint density at radius 1 is 0.951 bits per heavy atom. The summed E-state index contributed by atoms with van der Waals surface area (Å²) in [5, 5.41) is 9.87. The van der Waals surface area contributed by atoms with Crippen LogP contribution in [0.3, 0.4) is 0 Å². The maximum Gasteiger partial charge on any atom is 0.226 e. The van der Waals surface area contributed by atoms with Gasteiger partial charge in [0.05, 0.1) is 7.11 Å². The summed E-state index contributed by atoms with van der Waals surface area (Å²) in [7, 11) is 1.66. The summed E-state index contributed by atoms with van der Waals surface area (Å²) in [4.78, 5) is 30.0. The molecule has 2 heterocycles. The van der Waals surface area contributed by atoms with Gasteiger partial charge in [-0.05, 0) is 56.9 Å². The highest BCUT2D eigenvalue weighted by Crippen LogP contribution is 2.30. The van der Waals surface area contributed by atoms with E-state index >= 15 is 0 Å². The van der Waals surface area contributed by atoms with Gasteiger partial charge in [-0.3, -0.25) is 14.2 Å². The van der Waals surface area contributed by atoms with E-state index < -0.39 is 0 Å². The Balaban J connectivity index is 1.12. The Bertz CT molecular complexity index is 1290. The Labute approximate surface area is 247 Å². The van der Waals surface area contributed by atoms with Gasteiger partial charge in [0.25, 0.3) is 0 Å². The summed E-state index contributed by atoms with van der Waals surface area (Å²) < 4.78 is 7.42. The molecule has 0 N–H and O–H groups in total. The number of ether oxygens (including phenoxy) is 1. The molecule has 2 amide bonds. The molecule has 8 nitrogen and oxygen atoms in total. The Morgan fingerprint density at radius 2 is 1.71 bits per heavy atom. The largest absolute Gasteiger partial charge is 0.497 e. The predicted molar refractivity (Wildman–Crippen MR) is 162 cm³/mol. The van der Waals surface area contributed by atoms with Crippen molar-refractivity contribution in [3.05, 3.63) is 54.6 Å². The topological polar surface area (TPSA) is 80.6 Å². The molecule has 1 saturated heterocycles. The molecule has 1 unspecified atom stereocenters. The van der Waals surface area contributed by atoms with Crippen molar-refractivity contribution in [3.63, 3.8) is 0 Å². The number of rotatable bonds is 10. The van der Waals surface area contributed by atoms with Crippen LogP contribution in [0.4, 0.5) is 0 Å². The SMILES string of the molecule is COc1ccc(-n2c(SCCCCC(=O)N3CCN(C(=O)C4CCCCC4)C(C)C3)nnc2-c2ccccc2)cc1. The Morgan fingerprint density at radius 3 is 2.41 bits per heavy atom. The second-order valence-electron chi connectivity index (χ2n) is 11.1. The second kappa shape index (κ2) is 14.0. The zero-order chi connectivity index (χ0) is 28.6. The third-order valence-corrected chi connectivity index (χ3v) is 9.25. The third kappa shape index (κ3) is 7.12. The molecule has 1 aliphatic carbocycles. The number of aromatic nitrogens is 3. The van der Waals surface area contributed by atoms with E-state index in [1.54, 1.807) is 18.9 Å². The molecule has 1 saturated carbocycles. The molecule has 0 bridgehead atoms. The summed E-state index contributed by atoms with van der Waals surface area (Å²) in [5.41, 5.74) is 1.98. The molecular formula is C32H41N5O3S. The van der Waals surface area contributed by atoms with Gasteiger partial charge < -0.3 is 14.5 Å². The molecule has 41 heavy (non-hydrogen) atoms. The molecule has 1 aromatic heterocycles. The minimum atomic E-state index is 0.0841. The monoisotopic (exact) mass is 575 g/mol. The number of carbonyl (C=O) groups is 2. The highest BCUT2D eigenvalue weighted by Gasteiger charge is 2.33. The van der Waals surface area contributed by atoms with Crippen molar-refractivity contribution in [2.45, 2.75) is 69.5 Å². The van der Waals surface area contributed by atoms with E-state index in [-0.39, 0.29) is 17.9 Å². The van der Waals surface area contributed by atoms with E-state index in [2.05, 4.69) is 21.7 Å². The molecule has 0 spiro atoms. The summed E-state index contributed by atoms with van der Waals surface area (Å²) in [5.74, 6) is 3.12. The Hall–Kier alpha value is -3.33. The zero-order valence-electron chi connectivity index (χ0n) is 24.2. The summed E-state index contributed by atoms with van der Waals surface area (Å²) >= 11 is 1.66. The molecule has 218 valence electrons. The van der Waals surface area contributed by atoms with E-state index in [9.17, 15) is 9.59 Å². The first-order valence-corrected chi connectivity index (χ1v) is 15.9. The van der Waals surface area contributed by atoms with Crippen molar-refractivity contribution in [1.29, 1.82) is 0 Å². The number of hydrogen-bond acceptors (Lipinski definition) is 6. The van der Waals surface area contributed by atoms with E-state index in [4.69, 9.17) is 4.74 Å². The van der Waals surface area contributed by atoms with Crippen LogP contribution in [0, 0.1) is 5.92 Å². The molecule has 1 aliphatic heterocycles. The summed E-state index contributed by atoms with van der Waals surface area (Å²) in [6.45, 7) is 4.02. The van der Waals surface area contributed by atoms with Crippen LogP contribution in [-0.2, 0) is 9.59 Å². The van der Waals surface area contributed by atoms with Gasteiger partial charge >= 0.3 is 0 Å². The third-order valence-electron chi connectivity index (χ3n) is 8.23. The first-order chi connectivity index (χ1) is 20.0. The fourth-order valence-corrected chi connectivity index (χ4v) is 6.85. The average molecular weight is 576 g/mol. The molecule has 2 fully saturated rings. The molecule has 3 aromatic rings. The number of hydrogen-bond donors (Lipinski definition) is 0. The van der Waals surface area contributed by atoms with Crippen LogP contribution in [0.25, 0.3) is 17.1 Å². The standard InChI is InChI=1S/C32H41N5O3S/c1-24-23-35(20-21-36(24)31(39)26-13-7-4-8-14-26)29(38)15-9-10-22-41-32-34-33-30(25-11-5-3-6-12-25)37(32)27-16-18-28(40-2)19-17-27/h3,5-6,11-12,16-19,24,26H,4,7-10,13-15,20-23H2,1-2H3. The van der Waals surface area contributed by atoms with Crippen molar-refractivity contribution < 1.29 is 14.3 Å². The number of methoxy groups -OCH3 is 1. The lowest BCUT2D eigenvalue weighted by Gasteiger charge is -2.41. The molecule has 2 aromatic carbocycles. The minimum Gasteiger partial charge on any atom is -0.497 e. The van der Waals surface area contributed by atoms with Crippen molar-refractivity contribution in [1.82, 2.24) is 24.6 Å². The van der Waals surface area contributed by atoms with Gasteiger partial charge in [-0.1, -0.05) is 61.4 Å². The van der Waals surface area contributed by atoms with Crippen LogP contribution < -0.4 is 4.74 Å². The molecule has 1 atom stereocenters. The van der Waals surface area contributed by atoms with E-state index in [1.165, 1.54) is 6.42 Å².